The Balaban J connectivity index is 1.86. The number of benzene rings is 1. The van der Waals surface area contributed by atoms with Gasteiger partial charge in [0.05, 0.1) is 6.61 Å². The summed E-state index contributed by atoms with van der Waals surface area (Å²) >= 11 is 0. The van der Waals surface area contributed by atoms with Crippen LogP contribution in [-0.4, -0.2) is 37.5 Å². The van der Waals surface area contributed by atoms with Gasteiger partial charge in [-0.15, -0.1) is 13.2 Å². The molecule has 2 N–H and O–H groups in total. The van der Waals surface area contributed by atoms with Crippen LogP contribution in [0, 0.1) is 0 Å². The van der Waals surface area contributed by atoms with Crippen molar-refractivity contribution in [2.45, 2.75) is 25.6 Å². The molecule has 1 saturated heterocycles. The predicted octanol–water partition coefficient (Wildman–Crippen LogP) is 3.03. The van der Waals surface area contributed by atoms with Gasteiger partial charge in [-0.1, -0.05) is 0 Å². The normalized spacial score (nSPS) is 16.1. The number of halogens is 3. The van der Waals surface area contributed by atoms with E-state index in [1.807, 2.05) is 0 Å². The van der Waals surface area contributed by atoms with Crippen LogP contribution in [0.4, 0.5) is 18.9 Å². The fourth-order valence-corrected chi connectivity index (χ4v) is 2.32. The van der Waals surface area contributed by atoms with Crippen molar-refractivity contribution in [2.75, 3.05) is 32.0 Å². The Kier molecular flexibility index (Phi) is 5.17. The van der Waals surface area contributed by atoms with Gasteiger partial charge in [-0.2, -0.15) is 0 Å². The summed E-state index contributed by atoms with van der Waals surface area (Å²) in [4.78, 5) is 2.32. The highest BCUT2D eigenvalue weighted by Crippen LogP contribution is 2.33. The highest BCUT2D eigenvalue weighted by molar-refractivity contribution is 5.52. The lowest BCUT2D eigenvalue weighted by molar-refractivity contribution is -0.275. The third-order valence-corrected chi connectivity index (χ3v) is 3.27. The number of hydrogen-bond acceptors (Lipinski definition) is 4. The van der Waals surface area contributed by atoms with E-state index in [4.69, 9.17) is 10.5 Å². The number of nitrogens with zero attached hydrogens (tertiary/aromatic N) is 1. The number of nitrogen functional groups attached to an aromatic ring is 1. The Bertz CT molecular complexity index is 460. The molecule has 1 fully saturated rings. The van der Waals surface area contributed by atoms with Gasteiger partial charge in [0, 0.05) is 18.3 Å². The molecular weight excluding hydrogens is 285 g/mol. The highest BCUT2D eigenvalue weighted by Gasteiger charge is 2.32. The fourth-order valence-electron chi connectivity index (χ4n) is 2.32. The summed E-state index contributed by atoms with van der Waals surface area (Å²) < 4.78 is 46.2. The Labute approximate surface area is 121 Å². The van der Waals surface area contributed by atoms with Crippen LogP contribution in [-0.2, 0) is 0 Å². The van der Waals surface area contributed by atoms with Crippen molar-refractivity contribution in [1.82, 2.24) is 4.90 Å². The maximum Gasteiger partial charge on any atom is 0.573 e. The van der Waals surface area contributed by atoms with Crippen molar-refractivity contribution in [1.29, 1.82) is 0 Å². The Hall–Kier alpha value is -1.63. The van der Waals surface area contributed by atoms with Crippen LogP contribution in [0.25, 0.3) is 0 Å². The van der Waals surface area contributed by atoms with E-state index in [0.717, 1.165) is 26.1 Å². The molecule has 1 aliphatic rings. The monoisotopic (exact) mass is 304 g/mol. The molecule has 0 saturated carbocycles. The Morgan fingerprint density at radius 3 is 2.52 bits per heavy atom. The molecule has 1 heterocycles. The van der Waals surface area contributed by atoms with E-state index in [-0.39, 0.29) is 11.5 Å². The van der Waals surface area contributed by atoms with Crippen molar-refractivity contribution in [3.05, 3.63) is 18.2 Å². The van der Waals surface area contributed by atoms with Gasteiger partial charge >= 0.3 is 6.36 Å². The van der Waals surface area contributed by atoms with Gasteiger partial charge in [0.1, 0.15) is 0 Å². The summed E-state index contributed by atoms with van der Waals surface area (Å²) in [6.07, 6.45) is -1.58. The molecule has 4 nitrogen and oxygen atoms in total. The molecule has 0 radical (unpaired) electrons. The molecule has 1 aromatic rings. The number of alkyl halides is 3. The zero-order valence-electron chi connectivity index (χ0n) is 11.7. The first kappa shape index (κ1) is 15.8. The second kappa shape index (κ2) is 6.89. The number of nitrogens with two attached hydrogens (primary N) is 1. The van der Waals surface area contributed by atoms with E-state index in [1.54, 1.807) is 0 Å². The predicted molar refractivity (Wildman–Crippen MR) is 73.3 cm³/mol. The van der Waals surface area contributed by atoms with E-state index < -0.39 is 6.36 Å². The van der Waals surface area contributed by atoms with Gasteiger partial charge in [0.15, 0.2) is 11.5 Å². The van der Waals surface area contributed by atoms with Crippen LogP contribution in [0.15, 0.2) is 18.2 Å². The summed E-state index contributed by atoms with van der Waals surface area (Å²) in [6.45, 7) is 3.38. The van der Waals surface area contributed by atoms with E-state index in [0.29, 0.717) is 12.3 Å². The van der Waals surface area contributed by atoms with E-state index in [1.165, 1.54) is 31.0 Å². The maximum absolute atomic E-state index is 12.3. The lowest BCUT2D eigenvalue weighted by atomic mass is 10.3. The Morgan fingerprint density at radius 2 is 1.86 bits per heavy atom. The molecule has 0 amide bonds. The summed E-state index contributed by atoms with van der Waals surface area (Å²) in [6, 6.07) is 3.85. The molecule has 0 atom stereocenters. The quantitative estimate of drug-likeness (QED) is 0.648. The van der Waals surface area contributed by atoms with Gasteiger partial charge in [0.2, 0.25) is 0 Å². The van der Waals surface area contributed by atoms with E-state index in [2.05, 4.69) is 9.64 Å². The standard InChI is InChI=1S/C14H19F3N2O2/c15-14(16,17)21-12-5-4-11(18)10-13(12)20-9-3-8-19-6-1-2-7-19/h4-5,10H,1-3,6-9,18H2. The van der Waals surface area contributed by atoms with Crippen LogP contribution < -0.4 is 15.2 Å². The number of likely N-dealkylation sites (tertiary alicyclic amines) is 1. The minimum absolute atomic E-state index is 0.0220. The summed E-state index contributed by atoms with van der Waals surface area (Å²) in [5, 5.41) is 0. The van der Waals surface area contributed by atoms with Gasteiger partial charge in [0.25, 0.3) is 0 Å². The molecule has 0 unspecified atom stereocenters. The summed E-state index contributed by atoms with van der Waals surface area (Å²) in [5.74, 6) is -0.341. The van der Waals surface area contributed by atoms with Crippen LogP contribution in [0.1, 0.15) is 19.3 Å². The molecular formula is C14H19F3N2O2. The fraction of sp³-hybridized carbons (Fsp3) is 0.571. The molecule has 0 aromatic heterocycles. The van der Waals surface area contributed by atoms with Crippen LogP contribution in [0.2, 0.25) is 0 Å². The van der Waals surface area contributed by atoms with Gasteiger partial charge in [-0.25, -0.2) is 0 Å². The zero-order chi connectivity index (χ0) is 15.3. The largest absolute Gasteiger partial charge is 0.573 e. The minimum Gasteiger partial charge on any atom is -0.490 e. The third-order valence-electron chi connectivity index (χ3n) is 3.27. The molecule has 0 spiro atoms. The first-order valence-corrected chi connectivity index (χ1v) is 6.94. The van der Waals surface area contributed by atoms with Crippen molar-refractivity contribution < 1.29 is 22.6 Å². The van der Waals surface area contributed by atoms with Crippen molar-refractivity contribution in [2.24, 2.45) is 0 Å². The molecule has 1 aromatic carbocycles. The molecule has 0 aliphatic carbocycles. The van der Waals surface area contributed by atoms with Crippen molar-refractivity contribution >= 4 is 5.69 Å². The van der Waals surface area contributed by atoms with Gasteiger partial charge in [-0.3, -0.25) is 0 Å². The second-order valence-electron chi connectivity index (χ2n) is 5.00. The van der Waals surface area contributed by atoms with Crippen molar-refractivity contribution in [3.63, 3.8) is 0 Å². The van der Waals surface area contributed by atoms with Crippen LogP contribution >= 0.6 is 0 Å². The zero-order valence-corrected chi connectivity index (χ0v) is 11.7. The maximum atomic E-state index is 12.3. The molecule has 21 heavy (non-hydrogen) atoms. The number of rotatable bonds is 6. The van der Waals surface area contributed by atoms with Crippen LogP contribution in [0.5, 0.6) is 11.5 Å². The average molecular weight is 304 g/mol. The first-order chi connectivity index (χ1) is 9.94. The Morgan fingerprint density at radius 1 is 1.14 bits per heavy atom. The number of anilines is 1. The minimum atomic E-state index is -4.75. The molecule has 0 bridgehead atoms. The van der Waals surface area contributed by atoms with E-state index in [9.17, 15) is 13.2 Å². The molecule has 7 heteroatoms. The first-order valence-electron chi connectivity index (χ1n) is 6.94. The van der Waals surface area contributed by atoms with E-state index >= 15 is 0 Å². The highest BCUT2D eigenvalue weighted by atomic mass is 19.4. The van der Waals surface area contributed by atoms with Crippen molar-refractivity contribution in [3.8, 4) is 11.5 Å². The lowest BCUT2D eigenvalue weighted by Gasteiger charge is -2.16. The molecule has 118 valence electrons. The second-order valence-corrected chi connectivity index (χ2v) is 5.00. The summed E-state index contributed by atoms with van der Waals surface area (Å²) in [5.41, 5.74) is 5.90. The van der Waals surface area contributed by atoms with Gasteiger partial charge < -0.3 is 20.1 Å². The smallest absolute Gasteiger partial charge is 0.490 e. The van der Waals surface area contributed by atoms with Crippen LogP contribution in [0.3, 0.4) is 0 Å². The third kappa shape index (κ3) is 5.34. The SMILES string of the molecule is Nc1ccc(OC(F)(F)F)c(OCCCN2CCCC2)c1. The van der Waals surface area contributed by atoms with Gasteiger partial charge in [-0.05, 0) is 44.5 Å². The lowest BCUT2D eigenvalue weighted by Crippen LogP contribution is -2.22. The molecule has 2 rings (SSSR count). The molecule has 1 aliphatic heterocycles. The summed E-state index contributed by atoms with van der Waals surface area (Å²) in [7, 11) is 0. The topological polar surface area (TPSA) is 47.7 Å². The number of ether oxygens (including phenoxy) is 2. The average Bonchev–Trinajstić information content (AvgIpc) is 2.89. The number of hydrogen-bond donors (Lipinski definition) is 1.